The van der Waals surface area contributed by atoms with Gasteiger partial charge in [0.1, 0.15) is 0 Å². The number of hydrogen-bond acceptors (Lipinski definition) is 0. The monoisotopic (exact) mass is 222 g/mol. The van der Waals surface area contributed by atoms with Gasteiger partial charge in [-0.2, -0.15) is 0 Å². The van der Waals surface area contributed by atoms with Crippen LogP contribution in [-0.2, 0) is 0 Å². The van der Waals surface area contributed by atoms with Gasteiger partial charge in [-0.25, -0.2) is 0 Å². The molecule has 1 aliphatic carbocycles. The summed E-state index contributed by atoms with van der Waals surface area (Å²) < 4.78 is 0. The van der Waals surface area contributed by atoms with E-state index in [4.69, 9.17) is 0 Å². The number of benzene rings is 2. The highest BCUT2D eigenvalue weighted by Crippen LogP contribution is 2.43. The molecule has 0 heteroatoms. The molecule has 0 unspecified atom stereocenters. The molecule has 0 saturated heterocycles. The highest BCUT2D eigenvalue weighted by atomic mass is 14.2. The van der Waals surface area contributed by atoms with Crippen LogP contribution in [0.4, 0.5) is 0 Å². The third-order valence-corrected chi connectivity index (χ3v) is 3.01. The van der Waals surface area contributed by atoms with E-state index >= 15 is 0 Å². The van der Waals surface area contributed by atoms with Gasteiger partial charge < -0.3 is 0 Å². The Morgan fingerprint density at radius 3 is 1.35 bits per heavy atom. The maximum absolute atomic E-state index is 2.20. The largest absolute Gasteiger partial charge is 0.0791 e. The number of allylic oxidation sites excluding steroid dienone is 1. The Hall–Kier alpha value is -1.82. The minimum Gasteiger partial charge on any atom is -0.0791 e. The summed E-state index contributed by atoms with van der Waals surface area (Å²) in [4.78, 5) is 0. The minimum absolute atomic E-state index is 1.36. The Morgan fingerprint density at radius 2 is 1.00 bits per heavy atom. The van der Waals surface area contributed by atoms with Gasteiger partial charge in [0.2, 0.25) is 0 Å². The van der Waals surface area contributed by atoms with Crippen LogP contribution in [0.25, 0.3) is 16.7 Å². The zero-order chi connectivity index (χ0) is 12.3. The first-order valence-corrected chi connectivity index (χ1v) is 6.27. The minimum atomic E-state index is 1.36. The van der Waals surface area contributed by atoms with E-state index < -0.39 is 0 Å². The first-order chi connectivity index (χ1) is 8.42. The number of rotatable bonds is 0. The lowest BCUT2D eigenvalue weighted by molar-refractivity contribution is 1.50. The fourth-order valence-corrected chi connectivity index (χ4v) is 2.36. The Balaban J connectivity index is 0.000000514. The molecule has 0 spiro atoms. The van der Waals surface area contributed by atoms with E-state index in [1.54, 1.807) is 0 Å². The summed E-state index contributed by atoms with van der Waals surface area (Å²) in [6.07, 6.45) is 2.20. The zero-order valence-electron chi connectivity index (χ0n) is 10.7. The third-order valence-electron chi connectivity index (χ3n) is 3.01. The molecule has 3 rings (SSSR count). The van der Waals surface area contributed by atoms with Gasteiger partial charge in [0.25, 0.3) is 0 Å². The lowest BCUT2D eigenvalue weighted by atomic mass is 10.0. The van der Waals surface area contributed by atoms with Gasteiger partial charge in [0.05, 0.1) is 0 Å². The predicted octanol–water partition coefficient (Wildman–Crippen LogP) is 5.14. The van der Waals surface area contributed by atoms with Crippen LogP contribution in [0.1, 0.15) is 31.9 Å². The lowest BCUT2D eigenvalue weighted by Crippen LogP contribution is -1.78. The molecule has 86 valence electrons. The lowest BCUT2D eigenvalue weighted by Gasteiger charge is -1.99. The van der Waals surface area contributed by atoms with Crippen molar-refractivity contribution in [3.63, 3.8) is 0 Å². The molecular formula is C17H18. The SMILES string of the molecule is CC.CC=C1c2ccccc2-c2ccccc21. The number of fused-ring (bicyclic) bond motifs is 3. The van der Waals surface area contributed by atoms with Crippen molar-refractivity contribution in [2.75, 3.05) is 0 Å². The molecule has 0 radical (unpaired) electrons. The van der Waals surface area contributed by atoms with Crippen LogP contribution in [-0.4, -0.2) is 0 Å². The highest BCUT2D eigenvalue weighted by Gasteiger charge is 2.20. The standard InChI is InChI=1S/C15H12.C2H6/c1-2-11-12-7-3-5-9-14(12)15-10-6-4-8-13(11)15;1-2/h2-10H,1H3;1-2H3. The quantitative estimate of drug-likeness (QED) is 0.493. The molecule has 0 bridgehead atoms. The first kappa shape index (κ1) is 11.7. The van der Waals surface area contributed by atoms with Crippen molar-refractivity contribution in [1.82, 2.24) is 0 Å². The van der Waals surface area contributed by atoms with E-state index in [1.807, 2.05) is 13.8 Å². The second-order valence-electron chi connectivity index (χ2n) is 3.79. The van der Waals surface area contributed by atoms with Gasteiger partial charge in [-0.1, -0.05) is 68.5 Å². The predicted molar refractivity (Wildman–Crippen MR) is 76.0 cm³/mol. The third kappa shape index (κ3) is 1.80. The van der Waals surface area contributed by atoms with Crippen LogP contribution < -0.4 is 0 Å². The Bertz CT molecular complexity index is 500. The van der Waals surface area contributed by atoms with Crippen molar-refractivity contribution in [1.29, 1.82) is 0 Å². The van der Waals surface area contributed by atoms with Gasteiger partial charge in [-0.3, -0.25) is 0 Å². The topological polar surface area (TPSA) is 0 Å². The van der Waals surface area contributed by atoms with Gasteiger partial charge in [0, 0.05) is 0 Å². The van der Waals surface area contributed by atoms with Crippen LogP contribution in [0, 0.1) is 0 Å². The summed E-state index contributed by atoms with van der Waals surface area (Å²) in [5, 5.41) is 0. The van der Waals surface area contributed by atoms with E-state index in [9.17, 15) is 0 Å². The molecule has 1 aliphatic rings. The maximum atomic E-state index is 2.20. The van der Waals surface area contributed by atoms with Gasteiger partial charge in [-0.05, 0) is 34.8 Å². The highest BCUT2D eigenvalue weighted by molar-refractivity contribution is 6.00. The van der Waals surface area contributed by atoms with E-state index in [0.29, 0.717) is 0 Å². The molecule has 2 aromatic rings. The summed E-state index contributed by atoms with van der Waals surface area (Å²) in [5.74, 6) is 0. The van der Waals surface area contributed by atoms with Crippen molar-refractivity contribution in [2.24, 2.45) is 0 Å². The molecule has 0 N–H and O–H groups in total. The Morgan fingerprint density at radius 1 is 0.647 bits per heavy atom. The average Bonchev–Trinajstić information content (AvgIpc) is 2.75. The summed E-state index contributed by atoms with van der Waals surface area (Å²) in [7, 11) is 0. The molecule has 0 saturated carbocycles. The summed E-state index contributed by atoms with van der Waals surface area (Å²) in [6, 6.07) is 17.2. The summed E-state index contributed by atoms with van der Waals surface area (Å²) in [5.41, 5.74) is 6.81. The van der Waals surface area contributed by atoms with Crippen LogP contribution >= 0.6 is 0 Å². The maximum Gasteiger partial charge on any atom is -0.00991 e. The molecule has 0 fully saturated rings. The van der Waals surface area contributed by atoms with E-state index in [-0.39, 0.29) is 0 Å². The van der Waals surface area contributed by atoms with E-state index in [1.165, 1.54) is 27.8 Å². The summed E-state index contributed by atoms with van der Waals surface area (Å²) >= 11 is 0. The summed E-state index contributed by atoms with van der Waals surface area (Å²) in [6.45, 7) is 6.11. The van der Waals surface area contributed by atoms with Crippen molar-refractivity contribution < 1.29 is 0 Å². The van der Waals surface area contributed by atoms with Crippen molar-refractivity contribution in [3.05, 3.63) is 65.7 Å². The average molecular weight is 222 g/mol. The zero-order valence-corrected chi connectivity index (χ0v) is 10.7. The molecule has 0 nitrogen and oxygen atoms in total. The molecular weight excluding hydrogens is 204 g/mol. The second kappa shape index (κ2) is 5.01. The molecule has 0 amide bonds. The number of hydrogen-bond donors (Lipinski definition) is 0. The Kier molecular flexibility index (Phi) is 3.43. The van der Waals surface area contributed by atoms with Crippen LogP contribution in [0.3, 0.4) is 0 Å². The Labute approximate surface area is 104 Å². The van der Waals surface area contributed by atoms with Crippen LogP contribution in [0.15, 0.2) is 54.6 Å². The van der Waals surface area contributed by atoms with Crippen LogP contribution in [0.2, 0.25) is 0 Å². The van der Waals surface area contributed by atoms with Crippen LogP contribution in [0.5, 0.6) is 0 Å². The molecule has 17 heavy (non-hydrogen) atoms. The van der Waals surface area contributed by atoms with Crippen molar-refractivity contribution in [2.45, 2.75) is 20.8 Å². The fraction of sp³-hybridized carbons (Fsp3) is 0.176. The smallest absolute Gasteiger partial charge is 0.00991 e. The van der Waals surface area contributed by atoms with Crippen molar-refractivity contribution in [3.8, 4) is 11.1 Å². The van der Waals surface area contributed by atoms with E-state index in [0.717, 1.165) is 0 Å². The molecule has 2 aromatic carbocycles. The van der Waals surface area contributed by atoms with Gasteiger partial charge in [0.15, 0.2) is 0 Å². The van der Waals surface area contributed by atoms with Crippen molar-refractivity contribution >= 4 is 5.57 Å². The molecule has 0 aliphatic heterocycles. The first-order valence-electron chi connectivity index (χ1n) is 6.27. The second-order valence-corrected chi connectivity index (χ2v) is 3.79. The molecule has 0 heterocycles. The molecule has 0 aromatic heterocycles. The van der Waals surface area contributed by atoms with Gasteiger partial charge >= 0.3 is 0 Å². The van der Waals surface area contributed by atoms with Gasteiger partial charge in [-0.15, -0.1) is 0 Å². The van der Waals surface area contributed by atoms with E-state index in [2.05, 4.69) is 61.5 Å². The fourth-order valence-electron chi connectivity index (χ4n) is 2.36. The normalized spacial score (nSPS) is 11.1. The molecule has 0 atom stereocenters.